The first kappa shape index (κ1) is 19.8. The van der Waals surface area contributed by atoms with Crippen LogP contribution in [0.25, 0.3) is 11.3 Å². The summed E-state index contributed by atoms with van der Waals surface area (Å²) in [4.78, 5) is 20.7. The fourth-order valence-electron chi connectivity index (χ4n) is 3.41. The maximum atomic E-state index is 14.5. The van der Waals surface area contributed by atoms with E-state index in [1.165, 1.54) is 37.7 Å². The highest BCUT2D eigenvalue weighted by Gasteiger charge is 2.25. The van der Waals surface area contributed by atoms with Gasteiger partial charge in [0.2, 0.25) is 0 Å². The molecule has 0 unspecified atom stereocenters. The predicted molar refractivity (Wildman–Crippen MR) is 109 cm³/mol. The van der Waals surface area contributed by atoms with Crippen molar-refractivity contribution in [3.63, 3.8) is 0 Å². The van der Waals surface area contributed by atoms with E-state index in [1.54, 1.807) is 13.0 Å². The Balaban J connectivity index is 1.69. The van der Waals surface area contributed by atoms with Crippen LogP contribution >= 0.6 is 0 Å². The minimum absolute atomic E-state index is 0.103. The maximum absolute atomic E-state index is 14.5. The zero-order chi connectivity index (χ0) is 21.4. The Morgan fingerprint density at radius 1 is 1.20 bits per heavy atom. The number of methoxy groups -OCH3 is 1. The number of nitrogen functional groups attached to an aromatic ring is 1. The van der Waals surface area contributed by atoms with Crippen molar-refractivity contribution < 1.29 is 18.3 Å². The molecule has 30 heavy (non-hydrogen) atoms. The van der Waals surface area contributed by atoms with Crippen LogP contribution in [-0.2, 0) is 0 Å². The van der Waals surface area contributed by atoms with Crippen molar-refractivity contribution in [1.82, 2.24) is 9.97 Å². The van der Waals surface area contributed by atoms with E-state index in [-0.39, 0.29) is 28.5 Å². The number of nitrogens with one attached hydrogen (secondary N) is 1. The number of halogens is 2. The molecule has 1 fully saturated rings. The normalized spacial score (nSPS) is 13.2. The second-order valence-electron chi connectivity index (χ2n) is 7.23. The number of hydrogen-bond donors (Lipinski definition) is 2. The average Bonchev–Trinajstić information content (AvgIpc) is 3.55. The van der Waals surface area contributed by atoms with Gasteiger partial charge in [-0.05, 0) is 61.1 Å². The highest BCUT2D eigenvalue weighted by molar-refractivity contribution is 6.05. The Bertz CT molecular complexity index is 1150. The summed E-state index contributed by atoms with van der Waals surface area (Å²) in [7, 11) is 1.41. The molecule has 0 aliphatic heterocycles. The summed E-state index contributed by atoms with van der Waals surface area (Å²) >= 11 is 0. The van der Waals surface area contributed by atoms with E-state index < -0.39 is 17.5 Å². The van der Waals surface area contributed by atoms with Gasteiger partial charge in [0.05, 0.1) is 12.7 Å². The van der Waals surface area contributed by atoms with Crippen molar-refractivity contribution >= 4 is 17.4 Å². The first-order chi connectivity index (χ1) is 14.4. The van der Waals surface area contributed by atoms with E-state index in [2.05, 4.69) is 15.3 Å². The number of hydrogen-bond acceptors (Lipinski definition) is 5. The summed E-state index contributed by atoms with van der Waals surface area (Å²) in [5.74, 6) is -1.19. The minimum Gasteiger partial charge on any atom is -0.491 e. The average molecular weight is 410 g/mol. The van der Waals surface area contributed by atoms with Crippen molar-refractivity contribution in [3.05, 3.63) is 65.0 Å². The number of ether oxygens (including phenoxy) is 1. The summed E-state index contributed by atoms with van der Waals surface area (Å²) in [6, 6.07) is 7.05. The van der Waals surface area contributed by atoms with E-state index in [1.807, 2.05) is 0 Å². The second-order valence-corrected chi connectivity index (χ2v) is 7.23. The molecule has 1 heterocycles. The summed E-state index contributed by atoms with van der Waals surface area (Å²) in [5.41, 5.74) is 8.00. The van der Waals surface area contributed by atoms with Gasteiger partial charge < -0.3 is 15.8 Å². The number of amides is 1. The van der Waals surface area contributed by atoms with Crippen LogP contribution < -0.4 is 15.8 Å². The quantitative estimate of drug-likeness (QED) is 0.649. The van der Waals surface area contributed by atoms with Gasteiger partial charge >= 0.3 is 0 Å². The van der Waals surface area contributed by atoms with Gasteiger partial charge in [0.25, 0.3) is 5.91 Å². The molecule has 1 saturated carbocycles. The number of carbonyl (C=O) groups excluding carboxylic acids is 1. The van der Waals surface area contributed by atoms with Crippen LogP contribution in [0.15, 0.2) is 36.7 Å². The van der Waals surface area contributed by atoms with Gasteiger partial charge in [-0.15, -0.1) is 0 Å². The van der Waals surface area contributed by atoms with Crippen LogP contribution in [0.4, 0.5) is 20.3 Å². The number of benzene rings is 2. The molecule has 0 atom stereocenters. The predicted octanol–water partition coefficient (Wildman–Crippen LogP) is 4.45. The number of anilines is 2. The van der Waals surface area contributed by atoms with E-state index in [9.17, 15) is 13.6 Å². The van der Waals surface area contributed by atoms with Crippen LogP contribution in [0.2, 0.25) is 0 Å². The van der Waals surface area contributed by atoms with Crippen LogP contribution in [0.1, 0.15) is 40.2 Å². The largest absolute Gasteiger partial charge is 0.491 e. The third-order valence-electron chi connectivity index (χ3n) is 5.20. The standard InChI is InChI=1S/C22H20F2N4O2/c1-11-16(19-20(30-2)21(25)27-10-26-19)8-14(23)9-18(11)28-22(29)15-6-5-13(7-17(15)24)12-3-4-12/h5-10,12H,3-4H2,1-2H3,(H,28,29)(H2,25,26,27). The van der Waals surface area contributed by atoms with Crippen molar-refractivity contribution in [2.75, 3.05) is 18.2 Å². The minimum atomic E-state index is -0.663. The lowest BCUT2D eigenvalue weighted by Crippen LogP contribution is -2.15. The lowest BCUT2D eigenvalue weighted by atomic mass is 10.0. The Morgan fingerprint density at radius 3 is 2.63 bits per heavy atom. The summed E-state index contributed by atoms with van der Waals surface area (Å²) in [5, 5.41) is 2.60. The molecule has 0 saturated heterocycles. The van der Waals surface area contributed by atoms with Crippen LogP contribution in [0.3, 0.4) is 0 Å². The third-order valence-corrected chi connectivity index (χ3v) is 5.20. The van der Waals surface area contributed by atoms with Crippen LogP contribution in [0, 0.1) is 18.6 Å². The fraction of sp³-hybridized carbons (Fsp3) is 0.227. The second kappa shape index (κ2) is 7.70. The zero-order valence-electron chi connectivity index (χ0n) is 16.5. The molecule has 3 aromatic rings. The Kier molecular flexibility index (Phi) is 5.07. The topological polar surface area (TPSA) is 90.1 Å². The molecule has 1 aliphatic rings. The van der Waals surface area contributed by atoms with Crippen LogP contribution in [-0.4, -0.2) is 23.0 Å². The molecule has 1 amide bonds. The Morgan fingerprint density at radius 2 is 1.97 bits per heavy atom. The van der Waals surface area contributed by atoms with E-state index in [0.717, 1.165) is 18.4 Å². The van der Waals surface area contributed by atoms with Gasteiger partial charge in [0, 0.05) is 11.3 Å². The number of nitrogens with zero attached hydrogens (tertiary/aromatic N) is 2. The van der Waals surface area contributed by atoms with E-state index >= 15 is 0 Å². The lowest BCUT2D eigenvalue weighted by molar-refractivity contribution is 0.102. The summed E-state index contributed by atoms with van der Waals surface area (Å²) < 4.78 is 34.1. The molecule has 0 spiro atoms. The fourth-order valence-corrected chi connectivity index (χ4v) is 3.41. The lowest BCUT2D eigenvalue weighted by Gasteiger charge is -2.15. The molecule has 3 N–H and O–H groups in total. The summed E-state index contributed by atoms with van der Waals surface area (Å²) in [6.45, 7) is 1.69. The van der Waals surface area contributed by atoms with Crippen molar-refractivity contribution in [1.29, 1.82) is 0 Å². The smallest absolute Gasteiger partial charge is 0.258 e. The van der Waals surface area contributed by atoms with Crippen molar-refractivity contribution in [2.45, 2.75) is 25.7 Å². The molecule has 154 valence electrons. The number of carbonyl (C=O) groups is 1. The summed E-state index contributed by atoms with van der Waals surface area (Å²) in [6.07, 6.45) is 3.31. The number of aromatic nitrogens is 2. The van der Waals surface area contributed by atoms with Crippen molar-refractivity contribution in [2.24, 2.45) is 0 Å². The molecule has 1 aromatic heterocycles. The first-order valence-corrected chi connectivity index (χ1v) is 9.44. The van der Waals surface area contributed by atoms with Gasteiger partial charge in [-0.25, -0.2) is 18.7 Å². The molecular formula is C22H20F2N4O2. The van der Waals surface area contributed by atoms with Gasteiger partial charge in [-0.3, -0.25) is 4.79 Å². The maximum Gasteiger partial charge on any atom is 0.258 e. The first-order valence-electron chi connectivity index (χ1n) is 9.44. The SMILES string of the molecule is COc1c(N)ncnc1-c1cc(F)cc(NC(=O)c2ccc(C3CC3)cc2F)c1C. The Hall–Kier alpha value is -3.55. The molecular weight excluding hydrogens is 390 g/mol. The highest BCUT2D eigenvalue weighted by Crippen LogP contribution is 2.40. The number of rotatable bonds is 5. The monoisotopic (exact) mass is 410 g/mol. The molecule has 6 nitrogen and oxygen atoms in total. The molecule has 1 aliphatic carbocycles. The van der Waals surface area contributed by atoms with Gasteiger partial charge in [-0.2, -0.15) is 0 Å². The molecule has 2 aromatic carbocycles. The highest BCUT2D eigenvalue weighted by atomic mass is 19.1. The van der Waals surface area contributed by atoms with Crippen LogP contribution in [0.5, 0.6) is 5.75 Å². The Labute approximate surface area is 172 Å². The van der Waals surface area contributed by atoms with Gasteiger partial charge in [0.15, 0.2) is 11.6 Å². The number of nitrogens with two attached hydrogens (primary N) is 1. The van der Waals surface area contributed by atoms with Gasteiger partial charge in [-0.1, -0.05) is 6.07 Å². The molecule has 4 rings (SSSR count). The zero-order valence-corrected chi connectivity index (χ0v) is 16.5. The molecule has 8 heteroatoms. The van der Waals surface area contributed by atoms with Crippen molar-refractivity contribution in [3.8, 4) is 17.0 Å². The molecule has 0 radical (unpaired) electrons. The molecule has 0 bridgehead atoms. The van der Waals surface area contributed by atoms with E-state index in [0.29, 0.717) is 17.0 Å². The third kappa shape index (κ3) is 3.68. The van der Waals surface area contributed by atoms with E-state index in [4.69, 9.17) is 10.5 Å². The van der Waals surface area contributed by atoms with Gasteiger partial charge in [0.1, 0.15) is 23.7 Å².